The predicted molar refractivity (Wildman–Crippen MR) is 127 cm³/mol. The van der Waals surface area contributed by atoms with Gasteiger partial charge < -0.3 is 15.1 Å². The van der Waals surface area contributed by atoms with Crippen LogP contribution < -0.4 is 10.6 Å². The van der Waals surface area contributed by atoms with Crippen LogP contribution in [-0.4, -0.2) is 40.6 Å². The molecule has 0 bridgehead atoms. The summed E-state index contributed by atoms with van der Waals surface area (Å²) in [5.74, 6) is -0.347. The Bertz CT molecular complexity index is 1150. The Morgan fingerprint density at radius 3 is 2.82 bits per heavy atom. The van der Waals surface area contributed by atoms with Crippen LogP contribution in [0.2, 0.25) is 0 Å². The number of fused-ring (bicyclic) bond motifs is 1. The van der Waals surface area contributed by atoms with Gasteiger partial charge in [-0.05, 0) is 61.6 Å². The molecule has 3 aliphatic rings. The van der Waals surface area contributed by atoms with Crippen molar-refractivity contribution in [1.82, 2.24) is 10.2 Å². The maximum Gasteiger partial charge on any atom is 0.325 e. The molecule has 4 amide bonds. The van der Waals surface area contributed by atoms with Crippen LogP contribution in [0.5, 0.6) is 0 Å². The zero-order chi connectivity index (χ0) is 24.0. The van der Waals surface area contributed by atoms with Gasteiger partial charge in [0.25, 0.3) is 5.91 Å². The first-order valence-electron chi connectivity index (χ1n) is 12.0. The number of hydrogen-bond donors (Lipinski definition) is 2. The molecule has 1 saturated heterocycles. The average Bonchev–Trinajstić information content (AvgIpc) is 3.50. The third kappa shape index (κ3) is 3.76. The van der Waals surface area contributed by atoms with E-state index < -0.39 is 17.5 Å². The SMILES string of the molecule is CC1CCc2c(sc(NC(=O)CN3C(=O)NC4(CCCCC4C)C3=O)c2C(=O)c2ccco2)C1. The molecule has 0 aromatic carbocycles. The summed E-state index contributed by atoms with van der Waals surface area (Å²) in [4.78, 5) is 54.3. The lowest BCUT2D eigenvalue weighted by Gasteiger charge is -2.36. The second kappa shape index (κ2) is 8.69. The van der Waals surface area contributed by atoms with Gasteiger partial charge in [-0.2, -0.15) is 0 Å². The quantitative estimate of drug-likeness (QED) is 0.491. The Labute approximate surface area is 202 Å². The highest BCUT2D eigenvalue weighted by molar-refractivity contribution is 7.17. The van der Waals surface area contributed by atoms with E-state index in [2.05, 4.69) is 17.6 Å². The lowest BCUT2D eigenvalue weighted by molar-refractivity contribution is -0.136. The van der Waals surface area contributed by atoms with Crippen LogP contribution in [-0.2, 0) is 22.4 Å². The molecule has 2 aromatic rings. The van der Waals surface area contributed by atoms with Gasteiger partial charge in [0, 0.05) is 4.88 Å². The summed E-state index contributed by atoms with van der Waals surface area (Å²) >= 11 is 1.40. The smallest absolute Gasteiger partial charge is 0.325 e. The van der Waals surface area contributed by atoms with Crippen molar-refractivity contribution in [2.24, 2.45) is 11.8 Å². The molecular formula is C25H29N3O5S. The van der Waals surface area contributed by atoms with Gasteiger partial charge in [0.2, 0.25) is 11.7 Å². The Morgan fingerprint density at radius 1 is 1.26 bits per heavy atom. The van der Waals surface area contributed by atoms with Crippen LogP contribution in [0.15, 0.2) is 22.8 Å². The fourth-order valence-corrected chi connectivity index (χ4v) is 6.98. The van der Waals surface area contributed by atoms with E-state index in [4.69, 9.17) is 4.42 Å². The van der Waals surface area contributed by atoms with E-state index in [0.717, 1.165) is 53.9 Å². The molecule has 2 N–H and O–H groups in total. The van der Waals surface area contributed by atoms with Crippen LogP contribution in [0.1, 0.15) is 72.5 Å². The van der Waals surface area contributed by atoms with Gasteiger partial charge in [0.05, 0.1) is 11.8 Å². The summed E-state index contributed by atoms with van der Waals surface area (Å²) in [6.45, 7) is 3.77. The Hall–Kier alpha value is -2.94. The van der Waals surface area contributed by atoms with Crippen LogP contribution in [0.4, 0.5) is 9.80 Å². The third-order valence-electron chi connectivity index (χ3n) is 7.54. The second-order valence-electron chi connectivity index (χ2n) is 9.85. The standard InChI is InChI=1S/C25H29N3O5S/c1-14-8-9-16-18(12-14)34-22(20(16)21(30)17-7-5-11-33-17)26-19(29)13-28-23(31)25(27-24(28)32)10-4-3-6-15(25)2/h5,7,11,14-15H,3-4,6,8-10,12-13H2,1-2H3,(H,26,29)(H,27,32). The molecule has 3 heterocycles. The lowest BCUT2D eigenvalue weighted by atomic mass is 9.73. The van der Waals surface area contributed by atoms with Crippen molar-refractivity contribution in [3.8, 4) is 0 Å². The number of anilines is 1. The van der Waals surface area contributed by atoms with Gasteiger partial charge in [-0.15, -0.1) is 11.3 Å². The van der Waals surface area contributed by atoms with E-state index >= 15 is 0 Å². The number of hydrogen-bond acceptors (Lipinski definition) is 6. The number of nitrogens with zero attached hydrogens (tertiary/aromatic N) is 1. The van der Waals surface area contributed by atoms with Crippen LogP contribution in [0.25, 0.3) is 0 Å². The van der Waals surface area contributed by atoms with Crippen molar-refractivity contribution < 1.29 is 23.6 Å². The van der Waals surface area contributed by atoms with Crippen molar-refractivity contribution in [2.75, 3.05) is 11.9 Å². The summed E-state index contributed by atoms with van der Waals surface area (Å²) in [7, 11) is 0. The topological polar surface area (TPSA) is 109 Å². The minimum absolute atomic E-state index is 0.0225. The molecule has 1 spiro atoms. The highest BCUT2D eigenvalue weighted by Crippen LogP contribution is 2.41. The molecular weight excluding hydrogens is 454 g/mol. The molecule has 2 aliphatic carbocycles. The van der Waals surface area contributed by atoms with E-state index in [1.807, 2.05) is 6.92 Å². The summed E-state index contributed by atoms with van der Waals surface area (Å²) in [6.07, 6.45) is 7.39. The Morgan fingerprint density at radius 2 is 2.09 bits per heavy atom. The largest absolute Gasteiger partial charge is 0.461 e. The summed E-state index contributed by atoms with van der Waals surface area (Å²) < 4.78 is 5.34. The van der Waals surface area contributed by atoms with Crippen molar-refractivity contribution in [2.45, 2.75) is 64.3 Å². The number of thiophene rings is 1. The molecule has 5 rings (SSSR count). The third-order valence-corrected chi connectivity index (χ3v) is 8.71. The highest BCUT2D eigenvalue weighted by atomic mass is 32.1. The molecule has 180 valence electrons. The highest BCUT2D eigenvalue weighted by Gasteiger charge is 2.55. The summed E-state index contributed by atoms with van der Waals surface area (Å²) in [5, 5.41) is 6.17. The van der Waals surface area contributed by atoms with E-state index in [0.29, 0.717) is 22.9 Å². The second-order valence-corrected chi connectivity index (χ2v) is 11.0. The molecule has 3 atom stereocenters. The van der Waals surface area contributed by atoms with Gasteiger partial charge in [0.15, 0.2) is 5.76 Å². The van der Waals surface area contributed by atoms with Crippen molar-refractivity contribution in [3.63, 3.8) is 0 Å². The molecule has 9 heteroatoms. The van der Waals surface area contributed by atoms with Crippen LogP contribution >= 0.6 is 11.3 Å². The number of carbonyl (C=O) groups excluding carboxylic acids is 4. The van der Waals surface area contributed by atoms with Crippen LogP contribution in [0.3, 0.4) is 0 Å². The lowest BCUT2D eigenvalue weighted by Crippen LogP contribution is -2.54. The number of rotatable bonds is 5. The number of furan rings is 1. The number of nitrogens with one attached hydrogen (secondary N) is 2. The van der Waals surface area contributed by atoms with Crippen molar-refractivity contribution >= 4 is 40.0 Å². The van der Waals surface area contributed by atoms with Gasteiger partial charge in [0.1, 0.15) is 17.1 Å². The molecule has 1 aliphatic heterocycles. The average molecular weight is 484 g/mol. The normalized spacial score (nSPS) is 26.5. The van der Waals surface area contributed by atoms with E-state index in [-0.39, 0.29) is 29.9 Å². The van der Waals surface area contributed by atoms with E-state index in [1.165, 1.54) is 17.6 Å². The zero-order valence-electron chi connectivity index (χ0n) is 19.4. The molecule has 34 heavy (non-hydrogen) atoms. The number of amides is 4. The van der Waals surface area contributed by atoms with Crippen molar-refractivity contribution in [3.05, 3.63) is 40.2 Å². The van der Waals surface area contributed by atoms with Gasteiger partial charge in [-0.1, -0.05) is 26.7 Å². The first-order valence-corrected chi connectivity index (χ1v) is 12.8. The maximum atomic E-state index is 13.2. The Kier molecular flexibility index (Phi) is 5.83. The fraction of sp³-hybridized carbons (Fsp3) is 0.520. The monoisotopic (exact) mass is 483 g/mol. The van der Waals surface area contributed by atoms with Crippen molar-refractivity contribution in [1.29, 1.82) is 0 Å². The molecule has 2 aromatic heterocycles. The number of imide groups is 1. The molecule has 3 unspecified atom stereocenters. The number of ketones is 1. The van der Waals surface area contributed by atoms with Gasteiger partial charge >= 0.3 is 6.03 Å². The van der Waals surface area contributed by atoms with Gasteiger partial charge in [-0.3, -0.25) is 19.3 Å². The number of carbonyl (C=O) groups is 4. The van der Waals surface area contributed by atoms with E-state index in [1.54, 1.807) is 12.1 Å². The number of urea groups is 1. The molecule has 1 saturated carbocycles. The van der Waals surface area contributed by atoms with Gasteiger partial charge in [-0.25, -0.2) is 4.79 Å². The fourth-order valence-electron chi connectivity index (χ4n) is 5.56. The Balaban J connectivity index is 1.38. The predicted octanol–water partition coefficient (Wildman–Crippen LogP) is 4.14. The molecule has 2 fully saturated rings. The first kappa shape index (κ1) is 22.8. The summed E-state index contributed by atoms with van der Waals surface area (Å²) in [6, 6.07) is 2.74. The molecule has 0 radical (unpaired) electrons. The maximum absolute atomic E-state index is 13.2. The zero-order valence-corrected chi connectivity index (χ0v) is 20.3. The first-order chi connectivity index (χ1) is 16.3. The minimum Gasteiger partial charge on any atom is -0.461 e. The van der Waals surface area contributed by atoms with E-state index in [9.17, 15) is 19.2 Å². The van der Waals surface area contributed by atoms with Crippen LogP contribution in [0, 0.1) is 11.8 Å². The minimum atomic E-state index is -0.909. The summed E-state index contributed by atoms with van der Waals surface area (Å²) in [5.41, 5.74) is 0.517. The molecule has 8 nitrogen and oxygen atoms in total.